The van der Waals surface area contributed by atoms with Crippen LogP contribution in [0, 0.1) is 0 Å². The van der Waals surface area contributed by atoms with Gasteiger partial charge in [-0.2, -0.15) is 0 Å². The van der Waals surface area contributed by atoms with Crippen LogP contribution in [0.1, 0.15) is 11.1 Å². The van der Waals surface area contributed by atoms with Crippen LogP contribution in [-0.4, -0.2) is 10.5 Å². The Morgan fingerprint density at radius 2 is 1.90 bits per heavy atom. The molecule has 0 saturated carbocycles. The summed E-state index contributed by atoms with van der Waals surface area (Å²) in [6.45, 7) is 0.409. The molecule has 104 valence electrons. The predicted octanol–water partition coefficient (Wildman–Crippen LogP) is 1.19. The number of rotatable bonds is 4. The first-order valence-electron chi connectivity index (χ1n) is 6.02. The van der Waals surface area contributed by atoms with Crippen LogP contribution in [0.3, 0.4) is 0 Å². The molecule has 2 rings (SSSR count). The number of hydrazine groups is 1. The summed E-state index contributed by atoms with van der Waals surface area (Å²) in [6.07, 6.45) is 1.91. The van der Waals surface area contributed by atoms with Crippen molar-refractivity contribution in [1.82, 2.24) is 9.99 Å². The molecule has 1 amide bonds. The number of carbonyl (C=O) groups excluding carboxylic acids is 1. The largest absolute Gasteiger partial charge is 0.310 e. The average Bonchev–Trinajstić information content (AvgIpc) is 2.44. The maximum atomic E-state index is 11.8. The van der Waals surface area contributed by atoms with E-state index in [0.717, 1.165) is 15.6 Å². The second kappa shape index (κ2) is 6.49. The zero-order chi connectivity index (χ0) is 14.5. The van der Waals surface area contributed by atoms with E-state index in [1.54, 1.807) is 16.8 Å². The van der Waals surface area contributed by atoms with Crippen LogP contribution < -0.4 is 16.8 Å². The number of nitrogens with one attached hydrogen (secondary N) is 1. The molecule has 20 heavy (non-hydrogen) atoms. The van der Waals surface area contributed by atoms with Gasteiger partial charge in [-0.1, -0.05) is 24.3 Å². The maximum absolute atomic E-state index is 11.8. The van der Waals surface area contributed by atoms with Crippen molar-refractivity contribution in [2.75, 3.05) is 0 Å². The molecule has 5 nitrogen and oxygen atoms in total. The van der Waals surface area contributed by atoms with Crippen molar-refractivity contribution < 1.29 is 4.79 Å². The van der Waals surface area contributed by atoms with E-state index in [9.17, 15) is 9.59 Å². The molecule has 0 spiro atoms. The van der Waals surface area contributed by atoms with Crippen molar-refractivity contribution in [3.63, 3.8) is 0 Å². The van der Waals surface area contributed by atoms with Crippen LogP contribution in [0.5, 0.6) is 0 Å². The van der Waals surface area contributed by atoms with Crippen molar-refractivity contribution in [2.45, 2.75) is 13.0 Å². The number of benzene rings is 1. The first-order valence-corrected chi connectivity index (χ1v) is 6.81. The van der Waals surface area contributed by atoms with Crippen LogP contribution in [0.25, 0.3) is 0 Å². The van der Waals surface area contributed by atoms with Gasteiger partial charge in [0.15, 0.2) is 0 Å². The van der Waals surface area contributed by atoms with Gasteiger partial charge in [-0.15, -0.1) is 0 Å². The number of amides is 1. The van der Waals surface area contributed by atoms with Gasteiger partial charge in [0.1, 0.15) is 0 Å². The number of nitrogens with zero attached hydrogens (tertiary/aromatic N) is 1. The molecule has 2 aromatic rings. The molecule has 0 radical (unpaired) electrons. The SMILES string of the molecule is NNC(=O)Cc1ccccc1Cn1cc(Br)ccc1=O. The lowest BCUT2D eigenvalue weighted by Gasteiger charge is -2.11. The summed E-state index contributed by atoms with van der Waals surface area (Å²) in [5, 5.41) is 0. The molecule has 1 heterocycles. The summed E-state index contributed by atoms with van der Waals surface area (Å²) >= 11 is 3.34. The average molecular weight is 336 g/mol. The molecule has 0 aliphatic carbocycles. The van der Waals surface area contributed by atoms with Crippen LogP contribution in [-0.2, 0) is 17.8 Å². The Kier molecular flexibility index (Phi) is 4.70. The lowest BCUT2D eigenvalue weighted by Crippen LogP contribution is -2.31. The molecule has 1 aromatic heterocycles. The Morgan fingerprint density at radius 1 is 1.20 bits per heavy atom. The highest BCUT2D eigenvalue weighted by atomic mass is 79.9. The number of carbonyl (C=O) groups is 1. The van der Waals surface area contributed by atoms with E-state index in [4.69, 9.17) is 5.84 Å². The lowest BCUT2D eigenvalue weighted by molar-refractivity contribution is -0.120. The summed E-state index contributed by atoms with van der Waals surface area (Å²) in [4.78, 5) is 23.2. The minimum atomic E-state index is -0.265. The third kappa shape index (κ3) is 3.55. The van der Waals surface area contributed by atoms with Gasteiger partial charge >= 0.3 is 0 Å². The quantitative estimate of drug-likeness (QED) is 0.500. The Labute approximate surface area is 124 Å². The van der Waals surface area contributed by atoms with E-state index >= 15 is 0 Å². The van der Waals surface area contributed by atoms with Gasteiger partial charge in [0.25, 0.3) is 5.56 Å². The summed E-state index contributed by atoms with van der Waals surface area (Å²) < 4.78 is 2.41. The third-order valence-electron chi connectivity index (χ3n) is 2.92. The molecule has 6 heteroatoms. The number of nitrogens with two attached hydrogens (primary N) is 1. The highest BCUT2D eigenvalue weighted by Gasteiger charge is 2.08. The summed E-state index contributed by atoms with van der Waals surface area (Å²) in [6, 6.07) is 10.7. The van der Waals surface area contributed by atoms with E-state index in [0.29, 0.717) is 6.54 Å². The highest BCUT2D eigenvalue weighted by molar-refractivity contribution is 9.10. The van der Waals surface area contributed by atoms with Crippen LogP contribution in [0.4, 0.5) is 0 Å². The van der Waals surface area contributed by atoms with Crippen molar-refractivity contribution in [3.8, 4) is 0 Å². The van der Waals surface area contributed by atoms with Crippen molar-refractivity contribution >= 4 is 21.8 Å². The predicted molar refractivity (Wildman–Crippen MR) is 80.0 cm³/mol. The topological polar surface area (TPSA) is 77.1 Å². The number of pyridine rings is 1. The maximum Gasteiger partial charge on any atom is 0.250 e. The van der Waals surface area contributed by atoms with Gasteiger partial charge in [-0.25, -0.2) is 5.84 Å². The van der Waals surface area contributed by atoms with Gasteiger partial charge in [-0.05, 0) is 33.1 Å². The zero-order valence-electron chi connectivity index (χ0n) is 10.7. The van der Waals surface area contributed by atoms with Gasteiger partial charge in [0.05, 0.1) is 13.0 Å². The molecular formula is C14H14BrN3O2. The Morgan fingerprint density at radius 3 is 2.60 bits per heavy atom. The second-order valence-corrected chi connectivity index (χ2v) is 5.24. The van der Waals surface area contributed by atoms with E-state index in [1.807, 2.05) is 24.3 Å². The molecule has 0 saturated heterocycles. The van der Waals surface area contributed by atoms with Crippen molar-refractivity contribution in [3.05, 3.63) is 68.5 Å². The first kappa shape index (κ1) is 14.5. The van der Waals surface area contributed by atoms with Gasteiger partial charge in [-0.3, -0.25) is 15.0 Å². The van der Waals surface area contributed by atoms with E-state index in [1.165, 1.54) is 6.07 Å². The fraction of sp³-hybridized carbons (Fsp3) is 0.143. The molecule has 0 aliphatic rings. The minimum Gasteiger partial charge on any atom is -0.310 e. The molecule has 0 unspecified atom stereocenters. The Balaban J connectivity index is 2.31. The van der Waals surface area contributed by atoms with E-state index in [2.05, 4.69) is 21.4 Å². The fourth-order valence-corrected chi connectivity index (χ4v) is 2.30. The van der Waals surface area contributed by atoms with Crippen molar-refractivity contribution in [2.24, 2.45) is 5.84 Å². The normalized spacial score (nSPS) is 10.3. The molecule has 3 N–H and O–H groups in total. The molecule has 0 bridgehead atoms. The van der Waals surface area contributed by atoms with Crippen LogP contribution in [0.2, 0.25) is 0 Å². The van der Waals surface area contributed by atoms with Crippen LogP contribution >= 0.6 is 15.9 Å². The first-order chi connectivity index (χ1) is 9.60. The second-order valence-electron chi connectivity index (χ2n) is 4.33. The molecule has 0 fully saturated rings. The molecule has 0 aliphatic heterocycles. The van der Waals surface area contributed by atoms with Gasteiger partial charge in [0, 0.05) is 16.7 Å². The van der Waals surface area contributed by atoms with Gasteiger partial charge in [0.2, 0.25) is 5.91 Å². The van der Waals surface area contributed by atoms with E-state index in [-0.39, 0.29) is 17.9 Å². The molecule has 1 aromatic carbocycles. The standard InChI is InChI=1S/C14H14BrN3O2/c15-12-5-6-14(20)18(9-12)8-11-4-2-1-3-10(11)7-13(19)17-16/h1-6,9H,7-8,16H2,(H,17,19). The van der Waals surface area contributed by atoms with Crippen molar-refractivity contribution in [1.29, 1.82) is 0 Å². The smallest absolute Gasteiger partial charge is 0.250 e. The molecular weight excluding hydrogens is 322 g/mol. The van der Waals surface area contributed by atoms with Gasteiger partial charge < -0.3 is 4.57 Å². The molecule has 0 atom stereocenters. The summed E-state index contributed by atoms with van der Waals surface area (Å²) in [5.41, 5.74) is 3.78. The zero-order valence-corrected chi connectivity index (χ0v) is 12.3. The van der Waals surface area contributed by atoms with E-state index < -0.39 is 0 Å². The number of aromatic nitrogens is 1. The Bertz CT molecular complexity index is 682. The monoisotopic (exact) mass is 335 g/mol. The minimum absolute atomic E-state index is 0.0914. The summed E-state index contributed by atoms with van der Waals surface area (Å²) in [7, 11) is 0. The summed E-state index contributed by atoms with van der Waals surface area (Å²) in [5.74, 6) is 4.84. The van der Waals surface area contributed by atoms with Crippen LogP contribution in [0.15, 0.2) is 51.9 Å². The number of halogens is 1. The fourth-order valence-electron chi connectivity index (χ4n) is 1.92. The highest BCUT2D eigenvalue weighted by Crippen LogP contribution is 2.12. The number of hydrogen-bond acceptors (Lipinski definition) is 3. The third-order valence-corrected chi connectivity index (χ3v) is 3.39. The lowest BCUT2D eigenvalue weighted by atomic mass is 10.0. The number of hydrogen-bond donors (Lipinski definition) is 2. The Hall–Kier alpha value is -1.92.